The Morgan fingerprint density at radius 1 is 0.958 bits per heavy atom. The van der Waals surface area contributed by atoms with Crippen molar-refractivity contribution in [2.45, 2.75) is 91.1 Å². The number of rotatable bonds is 2. The summed E-state index contributed by atoms with van der Waals surface area (Å²) in [5.74, 6) is 3.29. The van der Waals surface area contributed by atoms with Crippen LogP contribution in [0, 0.1) is 34.5 Å². The van der Waals surface area contributed by atoms with Crippen molar-refractivity contribution >= 4 is 5.97 Å². The van der Waals surface area contributed by atoms with Gasteiger partial charge in [0.15, 0.2) is 0 Å². The van der Waals surface area contributed by atoms with Crippen molar-refractivity contribution in [1.29, 1.82) is 0 Å². The minimum absolute atomic E-state index is 0.115. The summed E-state index contributed by atoms with van der Waals surface area (Å²) < 4.78 is 0. The largest absolute Gasteiger partial charge is 0.339 e. The quantitative estimate of drug-likeness (QED) is 0.509. The summed E-state index contributed by atoms with van der Waals surface area (Å²) in [5, 5.41) is 0. The fourth-order valence-electron chi connectivity index (χ4n) is 7.43. The van der Waals surface area contributed by atoms with Crippen LogP contribution in [0.1, 0.15) is 85.0 Å². The normalized spacial score (nSPS) is 50.5. The third-order valence-electron chi connectivity index (χ3n) is 8.70. The van der Waals surface area contributed by atoms with Crippen molar-refractivity contribution in [3.05, 3.63) is 0 Å². The lowest BCUT2D eigenvalue weighted by Gasteiger charge is -2.60. The Hall–Kier alpha value is -0.570. The van der Waals surface area contributed by atoms with Gasteiger partial charge in [-0.3, -0.25) is 4.89 Å². The van der Waals surface area contributed by atoms with Crippen LogP contribution in [0.3, 0.4) is 0 Å². The predicted molar refractivity (Wildman–Crippen MR) is 93.0 cm³/mol. The van der Waals surface area contributed by atoms with Gasteiger partial charge in [0.2, 0.25) is 0 Å². The van der Waals surface area contributed by atoms with Gasteiger partial charge in [-0.2, -0.15) is 4.89 Å². The zero-order valence-electron chi connectivity index (χ0n) is 15.7. The lowest BCUT2D eigenvalue weighted by atomic mass is 9.45. The smallest absolute Gasteiger partial charge is 0.298 e. The third-order valence-corrected chi connectivity index (χ3v) is 8.70. The van der Waals surface area contributed by atoms with Crippen molar-refractivity contribution in [3.63, 3.8) is 0 Å². The molecule has 3 heteroatoms. The van der Waals surface area contributed by atoms with E-state index in [0.717, 1.165) is 36.5 Å². The molecule has 0 radical (unpaired) electrons. The highest BCUT2D eigenvalue weighted by Crippen LogP contribution is 2.66. The van der Waals surface area contributed by atoms with E-state index in [2.05, 4.69) is 13.8 Å². The van der Waals surface area contributed by atoms with Gasteiger partial charge in [0.1, 0.15) is 6.10 Å². The molecule has 0 amide bonds. The van der Waals surface area contributed by atoms with Crippen LogP contribution in [-0.4, -0.2) is 12.1 Å². The molecule has 0 bridgehead atoms. The van der Waals surface area contributed by atoms with Gasteiger partial charge in [0.05, 0.1) is 0 Å². The Balaban J connectivity index is 1.47. The fourth-order valence-corrected chi connectivity index (χ4v) is 7.43. The number of carbonyl (C=O) groups is 1. The number of hydrogen-bond acceptors (Lipinski definition) is 3. The lowest BCUT2D eigenvalue weighted by molar-refractivity contribution is -0.309. The molecule has 0 aromatic heterocycles. The van der Waals surface area contributed by atoms with E-state index in [1.165, 1.54) is 58.3 Å². The summed E-state index contributed by atoms with van der Waals surface area (Å²) in [4.78, 5) is 21.3. The van der Waals surface area contributed by atoms with Crippen LogP contribution in [-0.2, 0) is 14.6 Å². The summed E-state index contributed by atoms with van der Waals surface area (Å²) >= 11 is 0. The van der Waals surface area contributed by atoms with Crippen molar-refractivity contribution in [1.82, 2.24) is 0 Å². The molecule has 24 heavy (non-hydrogen) atoms. The average molecular weight is 335 g/mol. The lowest BCUT2D eigenvalue weighted by Crippen LogP contribution is -2.53. The second kappa shape index (κ2) is 6.00. The third kappa shape index (κ3) is 2.62. The van der Waals surface area contributed by atoms with E-state index in [-0.39, 0.29) is 12.1 Å². The van der Waals surface area contributed by atoms with Crippen LogP contribution in [0.25, 0.3) is 0 Å². The summed E-state index contributed by atoms with van der Waals surface area (Å²) in [6.07, 6.45) is 13.6. The Labute approximate surface area is 146 Å². The molecule has 0 aromatic rings. The van der Waals surface area contributed by atoms with E-state index >= 15 is 0 Å². The van der Waals surface area contributed by atoms with Crippen LogP contribution >= 0.6 is 0 Å². The molecular weight excluding hydrogens is 300 g/mol. The number of hydrogen-bond donors (Lipinski definition) is 0. The molecule has 3 nitrogen and oxygen atoms in total. The molecule has 7 atom stereocenters. The minimum Gasteiger partial charge on any atom is -0.298 e. The maximum Gasteiger partial charge on any atom is 0.339 e. The first-order valence-corrected chi connectivity index (χ1v) is 10.3. The van der Waals surface area contributed by atoms with Gasteiger partial charge < -0.3 is 0 Å². The zero-order chi connectivity index (χ0) is 16.9. The first-order chi connectivity index (χ1) is 11.4. The highest BCUT2D eigenvalue weighted by Gasteiger charge is 2.58. The molecule has 0 spiro atoms. The maximum atomic E-state index is 11.0. The van der Waals surface area contributed by atoms with Gasteiger partial charge in [-0.1, -0.05) is 20.3 Å². The van der Waals surface area contributed by atoms with Crippen LogP contribution in [0.15, 0.2) is 0 Å². The molecule has 136 valence electrons. The molecule has 4 saturated carbocycles. The van der Waals surface area contributed by atoms with E-state index in [0.29, 0.717) is 10.8 Å². The molecule has 4 fully saturated rings. The Bertz CT molecular complexity index is 503. The van der Waals surface area contributed by atoms with Gasteiger partial charge in [-0.15, -0.1) is 0 Å². The highest BCUT2D eigenvalue weighted by molar-refractivity contribution is 5.65. The van der Waals surface area contributed by atoms with E-state index in [1.54, 1.807) is 0 Å². The first kappa shape index (κ1) is 16.9. The summed E-state index contributed by atoms with van der Waals surface area (Å²) in [5.41, 5.74) is 1.14. The Kier molecular flexibility index (Phi) is 4.22. The van der Waals surface area contributed by atoms with Gasteiger partial charge in [0, 0.05) is 6.92 Å². The average Bonchev–Trinajstić information content (AvgIpc) is 2.94. The maximum absolute atomic E-state index is 11.0. The Morgan fingerprint density at radius 3 is 2.58 bits per heavy atom. The molecule has 0 saturated heterocycles. The van der Waals surface area contributed by atoms with Crippen molar-refractivity contribution in [2.75, 3.05) is 0 Å². The molecule has 0 aliphatic heterocycles. The highest BCUT2D eigenvalue weighted by atomic mass is 17.2. The van der Waals surface area contributed by atoms with Crippen LogP contribution < -0.4 is 0 Å². The van der Waals surface area contributed by atoms with Crippen LogP contribution in [0.2, 0.25) is 0 Å². The van der Waals surface area contributed by atoms with Gasteiger partial charge in [0.25, 0.3) is 0 Å². The van der Waals surface area contributed by atoms with E-state index in [9.17, 15) is 4.79 Å². The monoisotopic (exact) mass is 334 g/mol. The first-order valence-electron chi connectivity index (χ1n) is 10.3. The van der Waals surface area contributed by atoms with E-state index < -0.39 is 0 Å². The SMILES string of the molecule is CC(=O)OOC1CC[C@@]2(C)[C@H](CC[C@H]3[C@@H]4CCC[C@@]4(C)CC[C@@H]32)C1. The molecule has 1 unspecified atom stereocenters. The predicted octanol–water partition coefficient (Wildman–Crippen LogP) is 5.28. The summed E-state index contributed by atoms with van der Waals surface area (Å²) in [7, 11) is 0. The van der Waals surface area contributed by atoms with E-state index in [1.807, 2.05) is 0 Å². The second-order valence-corrected chi connectivity index (χ2v) is 9.81. The van der Waals surface area contributed by atoms with Crippen molar-refractivity contribution in [3.8, 4) is 0 Å². The molecule has 0 heterocycles. The summed E-state index contributed by atoms with van der Waals surface area (Å²) in [6.45, 7) is 6.58. The molecule has 0 N–H and O–H groups in total. The zero-order valence-corrected chi connectivity index (χ0v) is 15.7. The molecule has 4 aliphatic rings. The standard InChI is InChI=1S/C21H34O3/c1-14(22)23-24-16-8-12-21(3)15(13-16)6-7-17-18-5-4-10-20(18,2)11-9-19(17)21/h15-19H,4-13H2,1-3H3/t15-,16?,17+,18+,19+,20+,21+/m1/s1. The van der Waals surface area contributed by atoms with E-state index in [4.69, 9.17) is 9.78 Å². The number of fused-ring (bicyclic) bond motifs is 5. The molecule has 4 rings (SSSR count). The fraction of sp³-hybridized carbons (Fsp3) is 0.952. The van der Waals surface area contributed by atoms with Crippen molar-refractivity contribution < 1.29 is 14.6 Å². The molecular formula is C21H34O3. The number of carbonyl (C=O) groups excluding carboxylic acids is 1. The summed E-state index contributed by atoms with van der Waals surface area (Å²) in [6, 6.07) is 0. The second-order valence-electron chi connectivity index (χ2n) is 9.81. The Morgan fingerprint density at radius 2 is 1.79 bits per heavy atom. The van der Waals surface area contributed by atoms with Gasteiger partial charge in [-0.05, 0) is 92.3 Å². The molecule has 4 aliphatic carbocycles. The minimum atomic E-state index is -0.333. The topological polar surface area (TPSA) is 35.5 Å². The van der Waals surface area contributed by atoms with Gasteiger partial charge in [-0.25, -0.2) is 4.79 Å². The molecule has 0 aromatic carbocycles. The van der Waals surface area contributed by atoms with Crippen LogP contribution in [0.5, 0.6) is 0 Å². The van der Waals surface area contributed by atoms with Crippen molar-refractivity contribution in [2.24, 2.45) is 34.5 Å². The van der Waals surface area contributed by atoms with Crippen LogP contribution in [0.4, 0.5) is 0 Å². The van der Waals surface area contributed by atoms with Gasteiger partial charge >= 0.3 is 5.97 Å².